The average Bonchev–Trinajstić information content (AvgIpc) is 3.32. The number of hydrogen-bond acceptors (Lipinski definition) is 5. The van der Waals surface area contributed by atoms with Gasteiger partial charge in [0.2, 0.25) is 5.91 Å². The molecule has 1 aliphatic rings. The number of nitrogens with zero attached hydrogens (tertiary/aromatic N) is 4. The fourth-order valence-corrected chi connectivity index (χ4v) is 4.97. The maximum absolute atomic E-state index is 13.0. The van der Waals surface area contributed by atoms with Gasteiger partial charge in [-0.15, -0.1) is 0 Å². The molecule has 1 saturated heterocycles. The number of piperidine rings is 1. The first-order chi connectivity index (χ1) is 17.5. The summed E-state index contributed by atoms with van der Waals surface area (Å²) in [7, 11) is 0. The molecule has 1 aliphatic heterocycles. The fraction of sp³-hybridized carbons (Fsp3) is 0.345. The summed E-state index contributed by atoms with van der Waals surface area (Å²) in [6, 6.07) is 16.4. The zero-order valence-corrected chi connectivity index (χ0v) is 21.2. The number of aromatic nitrogens is 3. The van der Waals surface area contributed by atoms with Gasteiger partial charge in [0.05, 0.1) is 18.2 Å². The van der Waals surface area contributed by atoms with Crippen LogP contribution in [0.2, 0.25) is 0 Å². The smallest absolute Gasteiger partial charge is 0.225 e. The number of ether oxygens (including phenoxy) is 1. The Morgan fingerprint density at radius 2 is 1.97 bits per heavy atom. The molecular weight excluding hydrogens is 450 g/mol. The monoisotopic (exact) mass is 483 g/mol. The van der Waals surface area contributed by atoms with Gasteiger partial charge >= 0.3 is 0 Å². The molecular formula is C29H33N5O2. The molecule has 2 aromatic carbocycles. The third-order valence-electron chi connectivity index (χ3n) is 6.82. The molecule has 2 aromatic heterocycles. The van der Waals surface area contributed by atoms with Crippen LogP contribution < -0.4 is 15.0 Å². The van der Waals surface area contributed by atoms with E-state index in [-0.39, 0.29) is 11.8 Å². The Morgan fingerprint density at radius 3 is 2.75 bits per heavy atom. The normalized spacial score (nSPS) is 15.8. The summed E-state index contributed by atoms with van der Waals surface area (Å²) in [4.78, 5) is 20.0. The van der Waals surface area contributed by atoms with Gasteiger partial charge in [-0.2, -0.15) is 5.10 Å². The number of carbonyl (C=O) groups excluding carboxylic acids is 1. The lowest BCUT2D eigenvalue weighted by Crippen LogP contribution is -2.43. The summed E-state index contributed by atoms with van der Waals surface area (Å²) in [5.74, 6) is 1.73. The topological polar surface area (TPSA) is 71.8 Å². The van der Waals surface area contributed by atoms with Crippen molar-refractivity contribution in [2.75, 3.05) is 24.6 Å². The Morgan fingerprint density at radius 1 is 1.14 bits per heavy atom. The first-order valence-electron chi connectivity index (χ1n) is 12.7. The molecule has 7 nitrogen and oxygen atoms in total. The summed E-state index contributed by atoms with van der Waals surface area (Å²) in [5, 5.41) is 7.95. The van der Waals surface area contributed by atoms with Gasteiger partial charge in [-0.1, -0.05) is 35.9 Å². The molecule has 0 aliphatic carbocycles. The quantitative estimate of drug-likeness (QED) is 0.403. The number of aryl methyl sites for hydroxylation is 2. The first-order valence-corrected chi connectivity index (χ1v) is 12.7. The van der Waals surface area contributed by atoms with Crippen LogP contribution in [0.3, 0.4) is 0 Å². The molecule has 3 heterocycles. The number of nitrogens with one attached hydrogen (secondary N) is 1. The maximum atomic E-state index is 13.0. The zero-order chi connectivity index (χ0) is 25.1. The number of amides is 1. The van der Waals surface area contributed by atoms with Crippen LogP contribution in [0.15, 0.2) is 60.9 Å². The van der Waals surface area contributed by atoms with Crippen LogP contribution >= 0.6 is 0 Å². The van der Waals surface area contributed by atoms with Crippen molar-refractivity contribution in [1.29, 1.82) is 0 Å². The van der Waals surface area contributed by atoms with Crippen LogP contribution in [0.5, 0.6) is 5.75 Å². The molecule has 5 rings (SSSR count). The Hall–Kier alpha value is -3.87. The van der Waals surface area contributed by atoms with E-state index in [1.165, 1.54) is 11.1 Å². The van der Waals surface area contributed by atoms with Gasteiger partial charge in [0.15, 0.2) is 5.82 Å². The highest BCUT2D eigenvalue weighted by Gasteiger charge is 2.28. The van der Waals surface area contributed by atoms with Gasteiger partial charge in [-0.05, 0) is 62.9 Å². The van der Waals surface area contributed by atoms with Crippen LogP contribution in [0.4, 0.5) is 5.82 Å². The van der Waals surface area contributed by atoms with Crippen molar-refractivity contribution in [3.8, 4) is 17.0 Å². The van der Waals surface area contributed by atoms with E-state index in [9.17, 15) is 4.79 Å². The third kappa shape index (κ3) is 5.05. The zero-order valence-electron chi connectivity index (χ0n) is 21.2. The predicted molar refractivity (Wildman–Crippen MR) is 142 cm³/mol. The molecule has 0 radical (unpaired) electrons. The number of hydrogen-bond donors (Lipinski definition) is 1. The average molecular weight is 484 g/mol. The second-order valence-electron chi connectivity index (χ2n) is 9.51. The van der Waals surface area contributed by atoms with Crippen LogP contribution in [0, 0.1) is 19.8 Å². The summed E-state index contributed by atoms with van der Waals surface area (Å²) >= 11 is 0. The number of carbonyl (C=O) groups is 1. The summed E-state index contributed by atoms with van der Waals surface area (Å²) in [6.07, 6.45) is 5.50. The van der Waals surface area contributed by atoms with Crippen molar-refractivity contribution < 1.29 is 9.53 Å². The lowest BCUT2D eigenvalue weighted by Gasteiger charge is -2.33. The van der Waals surface area contributed by atoms with Gasteiger partial charge < -0.3 is 15.0 Å². The van der Waals surface area contributed by atoms with Crippen LogP contribution in [-0.2, 0) is 11.3 Å². The minimum atomic E-state index is -0.0785. The van der Waals surface area contributed by atoms with Gasteiger partial charge in [0, 0.05) is 37.6 Å². The Balaban J connectivity index is 1.29. The highest BCUT2D eigenvalue weighted by molar-refractivity contribution is 5.81. The van der Waals surface area contributed by atoms with Gasteiger partial charge in [0.25, 0.3) is 0 Å². The molecule has 1 fully saturated rings. The summed E-state index contributed by atoms with van der Waals surface area (Å²) in [5.41, 5.74) is 6.52. The van der Waals surface area contributed by atoms with Crippen molar-refractivity contribution in [2.24, 2.45) is 5.92 Å². The van der Waals surface area contributed by atoms with Crippen LogP contribution in [-0.4, -0.2) is 40.2 Å². The predicted octanol–water partition coefficient (Wildman–Crippen LogP) is 4.94. The summed E-state index contributed by atoms with van der Waals surface area (Å²) in [6.45, 7) is 8.86. The molecule has 0 bridgehead atoms. The van der Waals surface area contributed by atoms with Crippen molar-refractivity contribution >= 4 is 17.2 Å². The number of anilines is 1. The molecule has 36 heavy (non-hydrogen) atoms. The van der Waals surface area contributed by atoms with E-state index in [1.54, 1.807) is 6.20 Å². The SMILES string of the molecule is CCOc1ccc(CNC(=O)[C@@H]2CCCN(c3nccn4nc(-c5ccc(C)cc5C)cc34)C2)cc1. The third-order valence-corrected chi connectivity index (χ3v) is 6.82. The number of benzene rings is 2. The standard InChI is InChI=1S/C29H33N5O2/c1-4-36-24-10-8-22(9-11-24)18-31-29(35)23-6-5-14-33(19-23)28-27-17-26(32-34(27)15-13-30-28)25-12-7-20(2)16-21(25)3/h7-13,15-17,23H,4-6,14,18-19H2,1-3H3,(H,31,35)/t23-/m1/s1. The summed E-state index contributed by atoms with van der Waals surface area (Å²) < 4.78 is 7.39. The van der Waals surface area contributed by atoms with Crippen molar-refractivity contribution in [1.82, 2.24) is 19.9 Å². The molecule has 0 unspecified atom stereocenters. The molecule has 1 N–H and O–H groups in total. The van der Waals surface area contributed by atoms with Gasteiger partial charge in [0.1, 0.15) is 11.3 Å². The van der Waals surface area contributed by atoms with Crippen molar-refractivity contribution in [2.45, 2.75) is 40.2 Å². The molecule has 0 spiro atoms. The van der Waals surface area contributed by atoms with Crippen LogP contribution in [0.25, 0.3) is 16.8 Å². The second-order valence-corrected chi connectivity index (χ2v) is 9.51. The van der Waals surface area contributed by atoms with E-state index in [2.05, 4.69) is 48.3 Å². The molecule has 1 atom stereocenters. The highest BCUT2D eigenvalue weighted by Crippen LogP contribution is 2.30. The van der Waals surface area contributed by atoms with E-state index < -0.39 is 0 Å². The molecule has 186 valence electrons. The van der Waals surface area contributed by atoms with E-state index in [4.69, 9.17) is 14.8 Å². The van der Waals surface area contributed by atoms with E-state index in [0.29, 0.717) is 19.7 Å². The highest BCUT2D eigenvalue weighted by atomic mass is 16.5. The Labute approximate surface area is 212 Å². The minimum absolute atomic E-state index is 0.0785. The van der Waals surface area contributed by atoms with Gasteiger partial charge in [-0.3, -0.25) is 4.79 Å². The largest absolute Gasteiger partial charge is 0.494 e. The fourth-order valence-electron chi connectivity index (χ4n) is 4.97. The lowest BCUT2D eigenvalue weighted by atomic mass is 9.97. The van der Waals surface area contributed by atoms with E-state index in [1.807, 2.05) is 41.9 Å². The van der Waals surface area contributed by atoms with E-state index in [0.717, 1.165) is 53.3 Å². The molecule has 0 saturated carbocycles. The van der Waals surface area contributed by atoms with Gasteiger partial charge in [-0.25, -0.2) is 9.50 Å². The second kappa shape index (κ2) is 10.4. The van der Waals surface area contributed by atoms with Crippen molar-refractivity contribution in [3.63, 3.8) is 0 Å². The Kier molecular flexibility index (Phi) is 6.89. The molecule has 1 amide bonds. The maximum Gasteiger partial charge on any atom is 0.225 e. The van der Waals surface area contributed by atoms with Crippen LogP contribution in [0.1, 0.15) is 36.5 Å². The van der Waals surface area contributed by atoms with Crippen molar-refractivity contribution in [3.05, 3.63) is 77.6 Å². The first kappa shape index (κ1) is 23.9. The van der Waals surface area contributed by atoms with E-state index >= 15 is 0 Å². The molecule has 7 heteroatoms. The minimum Gasteiger partial charge on any atom is -0.494 e. The Bertz CT molecular complexity index is 1360. The lowest BCUT2D eigenvalue weighted by molar-refractivity contribution is -0.125. The number of fused-ring (bicyclic) bond motifs is 1. The molecule has 4 aromatic rings. The number of rotatable bonds is 7.